The molecule has 3 N–H and O–H groups in total. The molecule has 2 atom stereocenters. The maximum atomic E-state index is 12.4. The molecule has 6 heteroatoms. The van der Waals surface area contributed by atoms with Crippen molar-refractivity contribution in [2.24, 2.45) is 0 Å². The SMILES string of the molecule is O=C(N[C@H]1CCN[C@H]1C(=O)NCc1ccccc1)OCc1ccccc1. The Kier molecular flexibility index (Phi) is 6.22. The van der Waals surface area contributed by atoms with E-state index < -0.39 is 12.1 Å². The van der Waals surface area contributed by atoms with Gasteiger partial charge in [-0.05, 0) is 24.1 Å². The number of hydrogen-bond acceptors (Lipinski definition) is 4. The van der Waals surface area contributed by atoms with Crippen LogP contribution in [0.15, 0.2) is 60.7 Å². The fraction of sp³-hybridized carbons (Fsp3) is 0.300. The van der Waals surface area contributed by atoms with Crippen LogP contribution < -0.4 is 16.0 Å². The molecule has 1 aliphatic rings. The van der Waals surface area contributed by atoms with Crippen LogP contribution in [0.4, 0.5) is 4.79 Å². The molecule has 0 radical (unpaired) electrons. The Hall–Kier alpha value is -2.86. The lowest BCUT2D eigenvalue weighted by atomic mass is 10.1. The lowest BCUT2D eigenvalue weighted by molar-refractivity contribution is -0.123. The van der Waals surface area contributed by atoms with Crippen LogP contribution in [0.5, 0.6) is 0 Å². The summed E-state index contributed by atoms with van der Waals surface area (Å²) in [5, 5.41) is 8.84. The highest BCUT2D eigenvalue weighted by molar-refractivity contribution is 5.83. The van der Waals surface area contributed by atoms with E-state index >= 15 is 0 Å². The van der Waals surface area contributed by atoms with Gasteiger partial charge in [-0.25, -0.2) is 4.79 Å². The lowest BCUT2D eigenvalue weighted by Gasteiger charge is -2.20. The van der Waals surface area contributed by atoms with E-state index in [0.717, 1.165) is 11.1 Å². The van der Waals surface area contributed by atoms with Gasteiger partial charge in [-0.2, -0.15) is 0 Å². The van der Waals surface area contributed by atoms with E-state index in [1.807, 2.05) is 60.7 Å². The number of alkyl carbamates (subject to hydrolysis) is 1. The third-order valence-electron chi connectivity index (χ3n) is 4.33. The summed E-state index contributed by atoms with van der Waals surface area (Å²) in [5.41, 5.74) is 1.95. The second-order valence-electron chi connectivity index (χ2n) is 6.24. The van der Waals surface area contributed by atoms with Gasteiger partial charge >= 0.3 is 6.09 Å². The van der Waals surface area contributed by atoms with Gasteiger partial charge in [-0.1, -0.05) is 60.7 Å². The number of carbonyl (C=O) groups is 2. The molecule has 1 heterocycles. The van der Waals surface area contributed by atoms with Crippen LogP contribution in [0.1, 0.15) is 17.5 Å². The van der Waals surface area contributed by atoms with Gasteiger partial charge in [0, 0.05) is 6.54 Å². The molecule has 2 aromatic carbocycles. The molecule has 0 aromatic heterocycles. The Balaban J connectivity index is 1.46. The van der Waals surface area contributed by atoms with E-state index in [2.05, 4.69) is 16.0 Å². The Bertz CT molecular complexity index is 722. The highest BCUT2D eigenvalue weighted by atomic mass is 16.5. The summed E-state index contributed by atoms with van der Waals surface area (Å²) in [6, 6.07) is 18.5. The van der Waals surface area contributed by atoms with Crippen molar-refractivity contribution in [3.63, 3.8) is 0 Å². The molecule has 1 aliphatic heterocycles. The maximum absolute atomic E-state index is 12.4. The first kappa shape index (κ1) is 17.9. The molecule has 3 rings (SSSR count). The Morgan fingerprint density at radius 3 is 2.35 bits per heavy atom. The van der Waals surface area contributed by atoms with Crippen molar-refractivity contribution in [1.29, 1.82) is 0 Å². The Morgan fingerprint density at radius 1 is 1.00 bits per heavy atom. The monoisotopic (exact) mass is 353 g/mol. The normalized spacial score (nSPS) is 18.9. The van der Waals surface area contributed by atoms with Gasteiger partial charge in [0.05, 0.1) is 6.04 Å². The van der Waals surface area contributed by atoms with Crippen LogP contribution in [0, 0.1) is 0 Å². The van der Waals surface area contributed by atoms with Crippen molar-refractivity contribution in [1.82, 2.24) is 16.0 Å². The van der Waals surface area contributed by atoms with Gasteiger partial charge in [0.1, 0.15) is 12.6 Å². The molecule has 0 unspecified atom stereocenters. The highest BCUT2D eigenvalue weighted by Crippen LogP contribution is 2.09. The second-order valence-corrected chi connectivity index (χ2v) is 6.24. The predicted octanol–water partition coefficient (Wildman–Crippen LogP) is 1.96. The van der Waals surface area contributed by atoms with Gasteiger partial charge in [0.15, 0.2) is 0 Å². The van der Waals surface area contributed by atoms with E-state index in [1.165, 1.54) is 0 Å². The maximum Gasteiger partial charge on any atom is 0.407 e. The number of nitrogens with one attached hydrogen (secondary N) is 3. The van der Waals surface area contributed by atoms with Gasteiger partial charge in [-0.15, -0.1) is 0 Å². The second kappa shape index (κ2) is 9.01. The van der Waals surface area contributed by atoms with Gasteiger partial charge in [-0.3, -0.25) is 4.79 Å². The molecule has 1 saturated heterocycles. The minimum absolute atomic E-state index is 0.125. The van der Waals surface area contributed by atoms with Crippen LogP contribution in [0.2, 0.25) is 0 Å². The zero-order chi connectivity index (χ0) is 18.2. The molecule has 0 saturated carbocycles. The predicted molar refractivity (Wildman–Crippen MR) is 98.2 cm³/mol. The summed E-state index contributed by atoms with van der Waals surface area (Å²) < 4.78 is 5.24. The summed E-state index contributed by atoms with van der Waals surface area (Å²) >= 11 is 0. The van der Waals surface area contributed by atoms with Crippen LogP contribution in [0.25, 0.3) is 0 Å². The Labute approximate surface area is 152 Å². The molecule has 0 bridgehead atoms. The molecule has 0 spiro atoms. The molecular formula is C20H23N3O3. The van der Waals surface area contributed by atoms with E-state index in [0.29, 0.717) is 19.5 Å². The summed E-state index contributed by atoms with van der Waals surface area (Å²) in [4.78, 5) is 24.5. The minimum Gasteiger partial charge on any atom is -0.445 e. The largest absolute Gasteiger partial charge is 0.445 e. The molecule has 0 aliphatic carbocycles. The number of ether oxygens (including phenoxy) is 1. The molecule has 26 heavy (non-hydrogen) atoms. The highest BCUT2D eigenvalue weighted by Gasteiger charge is 2.33. The number of rotatable bonds is 6. The first-order chi connectivity index (χ1) is 12.7. The average molecular weight is 353 g/mol. The van der Waals surface area contributed by atoms with Crippen molar-refractivity contribution in [2.75, 3.05) is 6.54 Å². The number of carbonyl (C=O) groups excluding carboxylic acids is 2. The van der Waals surface area contributed by atoms with Crippen molar-refractivity contribution in [3.05, 3.63) is 71.8 Å². The quantitative estimate of drug-likeness (QED) is 0.742. The van der Waals surface area contributed by atoms with Gasteiger partial charge in [0.2, 0.25) is 5.91 Å². The van der Waals surface area contributed by atoms with Crippen LogP contribution in [-0.4, -0.2) is 30.6 Å². The first-order valence-corrected chi connectivity index (χ1v) is 8.74. The average Bonchev–Trinajstić information content (AvgIpc) is 3.14. The van der Waals surface area contributed by atoms with Crippen LogP contribution in [-0.2, 0) is 22.7 Å². The topological polar surface area (TPSA) is 79.5 Å². The van der Waals surface area contributed by atoms with Crippen molar-refractivity contribution >= 4 is 12.0 Å². The molecule has 2 amide bonds. The summed E-state index contributed by atoms with van der Waals surface area (Å²) in [5.74, 6) is -0.125. The zero-order valence-corrected chi connectivity index (χ0v) is 14.5. The Morgan fingerprint density at radius 2 is 1.65 bits per heavy atom. The van der Waals surface area contributed by atoms with Crippen molar-refractivity contribution in [2.45, 2.75) is 31.7 Å². The smallest absolute Gasteiger partial charge is 0.407 e. The summed E-state index contributed by atoms with van der Waals surface area (Å²) in [6.45, 7) is 1.34. The van der Waals surface area contributed by atoms with E-state index in [-0.39, 0.29) is 18.6 Å². The number of hydrogen-bond donors (Lipinski definition) is 3. The molecule has 2 aromatic rings. The van der Waals surface area contributed by atoms with Gasteiger partial charge < -0.3 is 20.7 Å². The first-order valence-electron chi connectivity index (χ1n) is 8.74. The summed E-state index contributed by atoms with van der Waals surface area (Å²) in [7, 11) is 0. The van der Waals surface area contributed by atoms with E-state index in [4.69, 9.17) is 4.74 Å². The van der Waals surface area contributed by atoms with Gasteiger partial charge in [0.25, 0.3) is 0 Å². The standard InChI is InChI=1S/C20H23N3O3/c24-19(22-13-15-7-3-1-4-8-15)18-17(11-12-21-18)23-20(25)26-14-16-9-5-2-6-10-16/h1-10,17-18,21H,11-14H2,(H,22,24)(H,23,25)/t17-,18+/m0/s1. The number of benzene rings is 2. The molecule has 1 fully saturated rings. The van der Waals surface area contributed by atoms with Crippen LogP contribution in [0.3, 0.4) is 0 Å². The molecule has 136 valence electrons. The van der Waals surface area contributed by atoms with E-state index in [9.17, 15) is 9.59 Å². The third-order valence-corrected chi connectivity index (χ3v) is 4.33. The van der Waals surface area contributed by atoms with Crippen molar-refractivity contribution in [3.8, 4) is 0 Å². The van der Waals surface area contributed by atoms with Crippen molar-refractivity contribution < 1.29 is 14.3 Å². The third kappa shape index (κ3) is 5.07. The molecule has 6 nitrogen and oxygen atoms in total. The molecular weight excluding hydrogens is 330 g/mol. The minimum atomic E-state index is -0.511. The fourth-order valence-electron chi connectivity index (χ4n) is 2.95. The number of amides is 2. The zero-order valence-electron chi connectivity index (χ0n) is 14.5. The fourth-order valence-corrected chi connectivity index (χ4v) is 2.95. The lowest BCUT2D eigenvalue weighted by Crippen LogP contribution is -2.51. The van der Waals surface area contributed by atoms with Crippen LogP contribution >= 0.6 is 0 Å². The summed E-state index contributed by atoms with van der Waals surface area (Å²) in [6.07, 6.45) is 0.174. The van der Waals surface area contributed by atoms with E-state index in [1.54, 1.807) is 0 Å².